The summed E-state index contributed by atoms with van der Waals surface area (Å²) < 4.78 is 2.00. The summed E-state index contributed by atoms with van der Waals surface area (Å²) in [5.41, 5.74) is 3.51. The molecule has 5 rings (SSSR count). The molecular formula is C19H13N7S. The molecule has 5 aromatic heterocycles. The van der Waals surface area contributed by atoms with Crippen LogP contribution in [0.4, 0.5) is 0 Å². The van der Waals surface area contributed by atoms with Gasteiger partial charge in [-0.2, -0.15) is 0 Å². The molecule has 5 aromatic rings. The average Bonchev–Trinajstić information content (AvgIpc) is 3.35. The van der Waals surface area contributed by atoms with Crippen LogP contribution in [0.25, 0.3) is 43.8 Å². The van der Waals surface area contributed by atoms with Gasteiger partial charge < -0.3 is 4.57 Å². The summed E-state index contributed by atoms with van der Waals surface area (Å²) in [5.74, 6) is 0.675. The monoisotopic (exact) mass is 371 g/mol. The van der Waals surface area contributed by atoms with E-state index in [2.05, 4.69) is 25.1 Å². The van der Waals surface area contributed by atoms with E-state index in [1.807, 2.05) is 41.9 Å². The molecule has 0 atom stereocenters. The van der Waals surface area contributed by atoms with Gasteiger partial charge in [-0.3, -0.25) is 4.98 Å². The summed E-state index contributed by atoms with van der Waals surface area (Å²) in [6, 6.07) is 11.7. The van der Waals surface area contributed by atoms with Crippen molar-refractivity contribution in [3.05, 3.63) is 61.2 Å². The Kier molecular flexibility index (Phi) is 3.68. The maximum Gasteiger partial charge on any atom is 0.176 e. The van der Waals surface area contributed by atoms with Gasteiger partial charge in [0.2, 0.25) is 0 Å². The van der Waals surface area contributed by atoms with Gasteiger partial charge in [-0.15, -0.1) is 10.2 Å². The zero-order chi connectivity index (χ0) is 18.2. The van der Waals surface area contributed by atoms with Gasteiger partial charge in [0.25, 0.3) is 0 Å². The molecule has 0 fully saturated rings. The minimum absolute atomic E-state index is 0.675. The third-order valence-corrected chi connectivity index (χ3v) is 5.22. The number of hydrogen-bond donors (Lipinski definition) is 0. The van der Waals surface area contributed by atoms with Crippen molar-refractivity contribution in [3.63, 3.8) is 0 Å². The molecule has 0 N–H and O–H groups in total. The summed E-state index contributed by atoms with van der Waals surface area (Å²) in [5, 5.41) is 11.2. The summed E-state index contributed by atoms with van der Waals surface area (Å²) in [4.78, 5) is 17.6. The van der Waals surface area contributed by atoms with E-state index in [0.717, 1.165) is 38.0 Å². The van der Waals surface area contributed by atoms with Crippen molar-refractivity contribution in [2.75, 3.05) is 0 Å². The fraction of sp³-hybridized carbons (Fsp3) is 0.0526. The molecule has 130 valence electrons. The minimum Gasteiger partial charge on any atom is -0.326 e. The lowest BCUT2D eigenvalue weighted by Gasteiger charge is -2.02. The van der Waals surface area contributed by atoms with Gasteiger partial charge in [-0.25, -0.2) is 15.0 Å². The Morgan fingerprint density at radius 1 is 0.926 bits per heavy atom. The van der Waals surface area contributed by atoms with Gasteiger partial charge in [0.1, 0.15) is 16.3 Å². The van der Waals surface area contributed by atoms with E-state index in [0.29, 0.717) is 5.82 Å². The lowest BCUT2D eigenvalue weighted by Crippen LogP contribution is -1.96. The maximum atomic E-state index is 4.80. The first kappa shape index (κ1) is 15.7. The van der Waals surface area contributed by atoms with E-state index in [1.54, 1.807) is 30.9 Å². The molecule has 0 spiro atoms. The summed E-state index contributed by atoms with van der Waals surface area (Å²) >= 11 is 1.50. The number of pyridine rings is 2. The Hall–Kier alpha value is -3.52. The van der Waals surface area contributed by atoms with E-state index in [9.17, 15) is 0 Å². The molecule has 0 aromatic carbocycles. The second-order valence-electron chi connectivity index (χ2n) is 5.92. The number of rotatable bonds is 3. The zero-order valence-corrected chi connectivity index (χ0v) is 15.1. The summed E-state index contributed by atoms with van der Waals surface area (Å²) in [7, 11) is 1.96. The molecule has 0 aliphatic carbocycles. The fourth-order valence-corrected chi connectivity index (χ4v) is 3.70. The molecule has 0 bridgehead atoms. The SMILES string of the molecule is Cn1c(-c2ncccn2)cc2ccc(-c3nnc(-c4cccnc4)s3)nc21. The molecule has 0 saturated carbocycles. The van der Waals surface area contributed by atoms with E-state index in [1.165, 1.54) is 11.3 Å². The van der Waals surface area contributed by atoms with Gasteiger partial charge in [0, 0.05) is 42.8 Å². The third kappa shape index (κ3) is 2.76. The van der Waals surface area contributed by atoms with E-state index >= 15 is 0 Å². The predicted octanol–water partition coefficient (Wildman–Crippen LogP) is 3.61. The summed E-state index contributed by atoms with van der Waals surface area (Å²) in [6.45, 7) is 0. The maximum absolute atomic E-state index is 4.80. The van der Waals surface area contributed by atoms with Crippen LogP contribution in [0, 0.1) is 0 Å². The lowest BCUT2D eigenvalue weighted by atomic mass is 10.3. The normalized spacial score (nSPS) is 11.1. The molecule has 0 aliphatic heterocycles. The molecular weight excluding hydrogens is 358 g/mol. The van der Waals surface area contributed by atoms with E-state index in [-0.39, 0.29) is 0 Å². The molecule has 0 saturated heterocycles. The van der Waals surface area contributed by atoms with Gasteiger partial charge >= 0.3 is 0 Å². The number of fused-ring (bicyclic) bond motifs is 1. The highest BCUT2D eigenvalue weighted by Gasteiger charge is 2.14. The highest BCUT2D eigenvalue weighted by molar-refractivity contribution is 7.17. The smallest absolute Gasteiger partial charge is 0.176 e. The van der Waals surface area contributed by atoms with Crippen molar-refractivity contribution in [2.24, 2.45) is 7.05 Å². The Morgan fingerprint density at radius 3 is 2.59 bits per heavy atom. The fourth-order valence-electron chi connectivity index (χ4n) is 2.90. The minimum atomic E-state index is 0.675. The van der Waals surface area contributed by atoms with Crippen LogP contribution >= 0.6 is 11.3 Å². The Bertz CT molecular complexity index is 1230. The predicted molar refractivity (Wildman–Crippen MR) is 104 cm³/mol. The highest BCUT2D eigenvalue weighted by atomic mass is 32.1. The topological polar surface area (TPSA) is 82.3 Å². The largest absolute Gasteiger partial charge is 0.326 e. The number of aromatic nitrogens is 7. The van der Waals surface area contributed by atoms with Gasteiger partial charge in [-0.1, -0.05) is 11.3 Å². The molecule has 0 amide bonds. The van der Waals surface area contributed by atoms with Crippen molar-refractivity contribution in [2.45, 2.75) is 0 Å². The number of hydrogen-bond acceptors (Lipinski definition) is 7. The first-order valence-electron chi connectivity index (χ1n) is 8.28. The molecule has 0 unspecified atom stereocenters. The Morgan fingerprint density at radius 2 is 1.78 bits per heavy atom. The van der Waals surface area contributed by atoms with E-state index in [4.69, 9.17) is 4.98 Å². The number of nitrogens with zero attached hydrogens (tertiary/aromatic N) is 7. The third-order valence-electron chi connectivity index (χ3n) is 4.22. The zero-order valence-electron chi connectivity index (χ0n) is 14.3. The quantitative estimate of drug-likeness (QED) is 0.482. The Labute approximate surface area is 158 Å². The van der Waals surface area contributed by atoms with Crippen LogP contribution in [-0.2, 0) is 7.05 Å². The molecule has 27 heavy (non-hydrogen) atoms. The average molecular weight is 371 g/mol. The van der Waals surface area contributed by atoms with Crippen molar-refractivity contribution in [1.29, 1.82) is 0 Å². The lowest BCUT2D eigenvalue weighted by molar-refractivity contribution is 0.939. The van der Waals surface area contributed by atoms with Crippen LogP contribution in [0.2, 0.25) is 0 Å². The first-order chi connectivity index (χ1) is 13.3. The first-order valence-corrected chi connectivity index (χ1v) is 9.09. The second kappa shape index (κ2) is 6.33. The van der Waals surface area contributed by atoms with Gasteiger partial charge in [0.15, 0.2) is 10.8 Å². The van der Waals surface area contributed by atoms with Crippen molar-refractivity contribution in [1.82, 2.24) is 34.7 Å². The van der Waals surface area contributed by atoms with Crippen LogP contribution in [0.1, 0.15) is 0 Å². The van der Waals surface area contributed by atoms with Crippen LogP contribution in [0.3, 0.4) is 0 Å². The van der Waals surface area contributed by atoms with Crippen LogP contribution in [-0.4, -0.2) is 34.7 Å². The van der Waals surface area contributed by atoms with Crippen LogP contribution in [0.15, 0.2) is 61.2 Å². The molecule has 0 radical (unpaired) electrons. The van der Waals surface area contributed by atoms with Crippen molar-refractivity contribution < 1.29 is 0 Å². The summed E-state index contributed by atoms with van der Waals surface area (Å²) in [6.07, 6.45) is 6.99. The molecule has 7 nitrogen and oxygen atoms in total. The van der Waals surface area contributed by atoms with Crippen LogP contribution in [0.5, 0.6) is 0 Å². The van der Waals surface area contributed by atoms with Gasteiger partial charge in [-0.05, 0) is 36.4 Å². The van der Waals surface area contributed by atoms with Crippen molar-refractivity contribution >= 4 is 22.4 Å². The Balaban J connectivity index is 1.58. The van der Waals surface area contributed by atoms with Gasteiger partial charge in [0.05, 0.1) is 5.69 Å². The molecule has 5 heterocycles. The second-order valence-corrected chi connectivity index (χ2v) is 6.90. The molecule has 0 aliphatic rings. The molecule has 8 heteroatoms. The standard InChI is InChI=1S/C19H13N7S/c1-26-15(16-21-8-3-9-22-16)10-12-5-6-14(23-17(12)26)19-25-24-18(27-19)13-4-2-7-20-11-13/h2-11H,1H3. The van der Waals surface area contributed by atoms with Crippen LogP contribution < -0.4 is 0 Å². The van der Waals surface area contributed by atoms with E-state index < -0.39 is 0 Å². The highest BCUT2D eigenvalue weighted by Crippen LogP contribution is 2.31. The number of aryl methyl sites for hydroxylation is 1. The van der Waals surface area contributed by atoms with Crippen molar-refractivity contribution in [3.8, 4) is 32.8 Å².